The summed E-state index contributed by atoms with van der Waals surface area (Å²) in [5, 5.41) is 5.59. The average molecular weight is 553 g/mol. The number of amides is 2. The van der Waals surface area contributed by atoms with Crippen LogP contribution in [0.4, 0.5) is 5.69 Å². The monoisotopic (exact) mass is 552 g/mol. The number of thioether (sulfide) groups is 1. The van der Waals surface area contributed by atoms with Crippen LogP contribution in [0, 0.1) is 0 Å². The van der Waals surface area contributed by atoms with Crippen molar-refractivity contribution in [1.82, 2.24) is 5.32 Å². The minimum Gasteiger partial charge on any atom is -0.497 e. The van der Waals surface area contributed by atoms with E-state index >= 15 is 0 Å². The van der Waals surface area contributed by atoms with Crippen LogP contribution in [-0.2, 0) is 4.79 Å². The Hall–Kier alpha value is -4.82. The molecule has 0 saturated carbocycles. The van der Waals surface area contributed by atoms with Crippen molar-refractivity contribution in [3.05, 3.63) is 126 Å². The van der Waals surface area contributed by atoms with Crippen LogP contribution in [0.1, 0.15) is 26.3 Å². The molecule has 0 radical (unpaired) electrons. The Labute approximate surface area is 237 Å². The highest BCUT2D eigenvalue weighted by atomic mass is 32.2. The quantitative estimate of drug-likeness (QED) is 0.133. The molecule has 0 saturated heterocycles. The number of rotatable bonds is 11. The molecule has 0 unspecified atom stereocenters. The molecule has 2 amide bonds. The SMILES string of the molecule is COc1ccc(/C=C(\NC(=O)c2ccccc2)C(=O)Nc2cccc(SCC(=O)c3ccc(OC)cc3)c2)cc1. The number of ketones is 1. The van der Waals surface area contributed by atoms with E-state index in [0.717, 1.165) is 4.90 Å². The molecule has 0 bridgehead atoms. The Bertz CT molecular complexity index is 1500. The summed E-state index contributed by atoms with van der Waals surface area (Å²) >= 11 is 1.37. The predicted molar refractivity (Wildman–Crippen MR) is 158 cm³/mol. The summed E-state index contributed by atoms with van der Waals surface area (Å²) in [6.07, 6.45) is 1.60. The van der Waals surface area contributed by atoms with E-state index in [1.54, 1.807) is 111 Å². The first-order valence-electron chi connectivity index (χ1n) is 12.4. The Balaban J connectivity index is 1.47. The molecule has 202 valence electrons. The molecule has 0 aliphatic heterocycles. The number of ether oxygens (including phenoxy) is 2. The molecule has 0 atom stereocenters. The molecule has 4 aromatic carbocycles. The molecule has 0 fully saturated rings. The van der Waals surface area contributed by atoms with Crippen molar-refractivity contribution >= 4 is 41.1 Å². The summed E-state index contributed by atoms with van der Waals surface area (Å²) in [5.74, 6) is 0.688. The van der Waals surface area contributed by atoms with Crippen molar-refractivity contribution in [2.45, 2.75) is 4.90 Å². The third-order valence-electron chi connectivity index (χ3n) is 5.83. The fraction of sp³-hybridized carbons (Fsp3) is 0.0938. The molecule has 40 heavy (non-hydrogen) atoms. The van der Waals surface area contributed by atoms with Crippen LogP contribution in [0.15, 0.2) is 114 Å². The number of benzene rings is 4. The number of hydrogen-bond donors (Lipinski definition) is 2. The molecule has 2 N–H and O–H groups in total. The van der Waals surface area contributed by atoms with E-state index in [1.165, 1.54) is 11.8 Å². The van der Waals surface area contributed by atoms with Crippen LogP contribution in [0.25, 0.3) is 6.08 Å². The maximum absolute atomic E-state index is 13.3. The van der Waals surface area contributed by atoms with Gasteiger partial charge in [0.2, 0.25) is 0 Å². The van der Waals surface area contributed by atoms with Gasteiger partial charge in [-0.05, 0) is 78.4 Å². The number of methoxy groups -OCH3 is 2. The highest BCUT2D eigenvalue weighted by Crippen LogP contribution is 2.24. The van der Waals surface area contributed by atoms with Gasteiger partial charge in [-0.25, -0.2) is 0 Å². The molecule has 0 heterocycles. The van der Waals surface area contributed by atoms with Gasteiger partial charge in [-0.15, -0.1) is 11.8 Å². The number of carbonyl (C=O) groups excluding carboxylic acids is 3. The zero-order valence-corrected chi connectivity index (χ0v) is 22.9. The minimum atomic E-state index is -0.489. The summed E-state index contributed by atoms with van der Waals surface area (Å²) in [4.78, 5) is 39.6. The van der Waals surface area contributed by atoms with Crippen molar-refractivity contribution in [3.8, 4) is 11.5 Å². The van der Waals surface area contributed by atoms with Gasteiger partial charge in [-0.1, -0.05) is 36.4 Å². The van der Waals surface area contributed by atoms with E-state index in [9.17, 15) is 14.4 Å². The van der Waals surface area contributed by atoms with Crippen LogP contribution in [-0.4, -0.2) is 37.6 Å². The fourth-order valence-corrected chi connectivity index (χ4v) is 4.53. The lowest BCUT2D eigenvalue weighted by molar-refractivity contribution is -0.113. The number of carbonyl (C=O) groups is 3. The number of Topliss-reactive ketones (excluding diaryl/α,β-unsaturated/α-hetero) is 1. The second-order valence-electron chi connectivity index (χ2n) is 8.57. The maximum atomic E-state index is 13.3. The van der Waals surface area contributed by atoms with E-state index in [2.05, 4.69) is 10.6 Å². The largest absolute Gasteiger partial charge is 0.497 e. The Morgan fingerprint density at radius 2 is 1.40 bits per heavy atom. The third kappa shape index (κ3) is 7.85. The second kappa shape index (κ2) is 13.8. The van der Waals surface area contributed by atoms with Gasteiger partial charge in [0.15, 0.2) is 5.78 Å². The lowest BCUT2D eigenvalue weighted by Crippen LogP contribution is -2.30. The number of hydrogen-bond acceptors (Lipinski definition) is 6. The van der Waals surface area contributed by atoms with Crippen LogP contribution < -0.4 is 20.1 Å². The van der Waals surface area contributed by atoms with Gasteiger partial charge in [0.25, 0.3) is 11.8 Å². The molecule has 0 aromatic heterocycles. The van der Waals surface area contributed by atoms with Crippen molar-refractivity contribution in [1.29, 1.82) is 0 Å². The van der Waals surface area contributed by atoms with Crippen LogP contribution in [0.2, 0.25) is 0 Å². The molecule has 4 rings (SSSR count). The Morgan fingerprint density at radius 1 is 0.750 bits per heavy atom. The van der Waals surface area contributed by atoms with Crippen molar-refractivity contribution < 1.29 is 23.9 Å². The van der Waals surface area contributed by atoms with Gasteiger partial charge in [-0.3, -0.25) is 14.4 Å². The molecule has 0 aliphatic carbocycles. The minimum absolute atomic E-state index is 0.0181. The summed E-state index contributed by atoms with van der Waals surface area (Å²) in [6.45, 7) is 0. The standard InChI is InChI=1S/C32H28N2O5S/c1-38-26-15-11-22(12-16-26)19-29(34-31(36)24-7-4-3-5-8-24)32(37)33-25-9-6-10-28(20-25)40-21-30(35)23-13-17-27(39-2)18-14-23/h3-20H,21H2,1-2H3,(H,33,37)(H,34,36)/b29-19-. The van der Waals surface area contributed by atoms with Gasteiger partial charge in [-0.2, -0.15) is 0 Å². The zero-order valence-electron chi connectivity index (χ0n) is 22.0. The van der Waals surface area contributed by atoms with Gasteiger partial charge < -0.3 is 20.1 Å². The molecule has 8 heteroatoms. The third-order valence-corrected chi connectivity index (χ3v) is 6.82. The van der Waals surface area contributed by atoms with Crippen LogP contribution in [0.3, 0.4) is 0 Å². The van der Waals surface area contributed by atoms with Crippen molar-refractivity contribution in [2.24, 2.45) is 0 Å². The molecular formula is C32H28N2O5S. The lowest BCUT2D eigenvalue weighted by atomic mass is 10.1. The van der Waals surface area contributed by atoms with E-state index in [0.29, 0.717) is 33.9 Å². The Morgan fingerprint density at radius 3 is 2.05 bits per heavy atom. The van der Waals surface area contributed by atoms with E-state index in [4.69, 9.17) is 9.47 Å². The molecule has 4 aromatic rings. The lowest BCUT2D eigenvalue weighted by Gasteiger charge is -2.12. The van der Waals surface area contributed by atoms with E-state index < -0.39 is 11.8 Å². The number of nitrogens with one attached hydrogen (secondary N) is 2. The van der Waals surface area contributed by atoms with Gasteiger partial charge in [0.1, 0.15) is 17.2 Å². The molecule has 0 spiro atoms. The first kappa shape index (κ1) is 28.2. The summed E-state index contributed by atoms with van der Waals surface area (Å²) in [7, 11) is 3.15. The Kier molecular flexibility index (Phi) is 9.74. The van der Waals surface area contributed by atoms with Gasteiger partial charge in [0.05, 0.1) is 20.0 Å². The fourth-order valence-electron chi connectivity index (χ4n) is 3.68. The highest BCUT2D eigenvalue weighted by Gasteiger charge is 2.16. The van der Waals surface area contributed by atoms with E-state index in [1.807, 2.05) is 12.1 Å². The zero-order chi connectivity index (χ0) is 28.3. The van der Waals surface area contributed by atoms with Crippen LogP contribution >= 0.6 is 11.8 Å². The molecule has 0 aliphatic rings. The number of anilines is 1. The summed E-state index contributed by atoms with van der Waals surface area (Å²) < 4.78 is 10.3. The highest BCUT2D eigenvalue weighted by molar-refractivity contribution is 8.00. The van der Waals surface area contributed by atoms with Crippen LogP contribution in [0.5, 0.6) is 11.5 Å². The molecular weight excluding hydrogens is 524 g/mol. The smallest absolute Gasteiger partial charge is 0.272 e. The maximum Gasteiger partial charge on any atom is 0.272 e. The average Bonchev–Trinajstić information content (AvgIpc) is 3.00. The summed E-state index contributed by atoms with van der Waals surface area (Å²) in [6, 6.07) is 30.0. The summed E-state index contributed by atoms with van der Waals surface area (Å²) in [5.41, 5.74) is 2.34. The van der Waals surface area contributed by atoms with Crippen molar-refractivity contribution in [3.63, 3.8) is 0 Å². The first-order valence-corrected chi connectivity index (χ1v) is 13.4. The predicted octanol–water partition coefficient (Wildman–Crippen LogP) is 6.09. The van der Waals surface area contributed by atoms with Gasteiger partial charge >= 0.3 is 0 Å². The van der Waals surface area contributed by atoms with Gasteiger partial charge in [0, 0.05) is 21.7 Å². The second-order valence-corrected chi connectivity index (χ2v) is 9.62. The first-order chi connectivity index (χ1) is 19.4. The van der Waals surface area contributed by atoms with Crippen molar-refractivity contribution in [2.75, 3.05) is 25.3 Å². The molecule has 7 nitrogen and oxygen atoms in total. The topological polar surface area (TPSA) is 93.7 Å². The normalized spacial score (nSPS) is 10.9. The van der Waals surface area contributed by atoms with E-state index in [-0.39, 0.29) is 17.2 Å².